The van der Waals surface area contributed by atoms with E-state index in [0.717, 1.165) is 6.08 Å². The number of esters is 1. The summed E-state index contributed by atoms with van der Waals surface area (Å²) in [6, 6.07) is 3.99. The average Bonchev–Trinajstić information content (AvgIpc) is 2.59. The van der Waals surface area contributed by atoms with Gasteiger partial charge in [0.25, 0.3) is 5.91 Å². The number of rotatable bonds is 4. The first kappa shape index (κ1) is 19.7. The van der Waals surface area contributed by atoms with Crippen LogP contribution >= 0.6 is 0 Å². The molecule has 142 valence electrons. The van der Waals surface area contributed by atoms with Gasteiger partial charge in [0.05, 0.1) is 18.6 Å². The quantitative estimate of drug-likeness (QED) is 0.172. The van der Waals surface area contributed by atoms with E-state index in [1.165, 1.54) is 31.3 Å². The predicted molar refractivity (Wildman–Crippen MR) is 90.9 cm³/mol. The highest BCUT2D eigenvalue weighted by atomic mass is 16.6. The molecule has 1 saturated carbocycles. The maximum atomic E-state index is 11.8. The maximum Gasteiger partial charge on any atom is 0.510 e. The molecule has 2 rings (SSSR count). The number of aromatic hydroxyl groups is 2. The minimum absolute atomic E-state index is 0.292. The molecular formula is C17H22NO8+. The summed E-state index contributed by atoms with van der Waals surface area (Å²) in [4.78, 5) is 21.7. The van der Waals surface area contributed by atoms with Crippen LogP contribution in [-0.4, -0.2) is 73.2 Å². The first-order chi connectivity index (χ1) is 12.2. The van der Waals surface area contributed by atoms with Crippen molar-refractivity contribution >= 4 is 18.0 Å². The summed E-state index contributed by atoms with van der Waals surface area (Å²) in [6.45, 7) is 0. The molecule has 1 fully saturated rings. The Hall–Kier alpha value is -2.62. The van der Waals surface area contributed by atoms with Gasteiger partial charge in [0.2, 0.25) is 6.10 Å². The van der Waals surface area contributed by atoms with E-state index in [-0.39, 0.29) is 24.3 Å². The van der Waals surface area contributed by atoms with Gasteiger partial charge >= 0.3 is 5.97 Å². The average molecular weight is 368 g/mol. The van der Waals surface area contributed by atoms with Crippen molar-refractivity contribution in [2.75, 3.05) is 7.05 Å². The third kappa shape index (κ3) is 4.31. The van der Waals surface area contributed by atoms with Gasteiger partial charge in [0, 0.05) is 13.5 Å². The van der Waals surface area contributed by atoms with Crippen molar-refractivity contribution in [3.05, 3.63) is 29.8 Å². The van der Waals surface area contributed by atoms with Crippen LogP contribution < -0.4 is 5.32 Å². The Morgan fingerprint density at radius 1 is 1.31 bits per heavy atom. The lowest BCUT2D eigenvalue weighted by Gasteiger charge is -2.37. The normalized spacial score (nSPS) is 28.7. The molecule has 0 bridgehead atoms. The van der Waals surface area contributed by atoms with E-state index in [2.05, 4.69) is 5.32 Å². The lowest BCUT2D eigenvalue weighted by atomic mass is 9.79. The van der Waals surface area contributed by atoms with E-state index >= 15 is 0 Å². The molecule has 1 aromatic carbocycles. The van der Waals surface area contributed by atoms with Gasteiger partial charge in [0.15, 0.2) is 17.1 Å². The Labute approximate surface area is 149 Å². The fourth-order valence-electron chi connectivity index (χ4n) is 2.79. The smallest absolute Gasteiger partial charge is 0.504 e. The summed E-state index contributed by atoms with van der Waals surface area (Å²) in [5.74, 6) is -1.99. The number of aliphatic hydroxyl groups excluding tert-OH is 2. The van der Waals surface area contributed by atoms with E-state index in [1.54, 1.807) is 0 Å². The fraction of sp³-hybridized carbons (Fsp3) is 0.412. The van der Waals surface area contributed by atoms with Crippen molar-refractivity contribution in [2.24, 2.45) is 0 Å². The highest BCUT2D eigenvalue weighted by Crippen LogP contribution is 2.31. The standard InChI is InChI=1S/C17H21NO8/c1-18-16(24)17(25)7-12(21)15(23)13(8-17)26-14(22)5-3-9-2-4-10(19)11(20)6-9/h2-6,12-13,15,19-21,23,25H,7-8H2,1H3,(H,18,24)/p+1/b5-3+/t12-,13?,15?,17-/m1/s1. The lowest BCUT2D eigenvalue weighted by Crippen LogP contribution is -2.59. The molecule has 4 atom stereocenters. The summed E-state index contributed by atoms with van der Waals surface area (Å²) < 4.78 is 5.16. The van der Waals surface area contributed by atoms with Crippen LogP contribution in [0.5, 0.6) is 11.5 Å². The van der Waals surface area contributed by atoms with Crippen molar-refractivity contribution < 1.29 is 39.9 Å². The zero-order chi connectivity index (χ0) is 19.5. The molecule has 2 unspecified atom stereocenters. The zero-order valence-corrected chi connectivity index (χ0v) is 14.0. The molecule has 1 aromatic rings. The molecule has 9 heteroatoms. The summed E-state index contributed by atoms with van der Waals surface area (Å²) in [6.07, 6.45) is -2.25. The molecule has 9 nitrogen and oxygen atoms in total. The Morgan fingerprint density at radius 2 is 2.00 bits per heavy atom. The number of nitrogens with one attached hydrogen (secondary N) is 1. The van der Waals surface area contributed by atoms with Gasteiger partial charge in [-0.3, -0.25) is 4.79 Å². The number of phenolic OH excluding ortho intramolecular Hbond substituents is 2. The van der Waals surface area contributed by atoms with Crippen molar-refractivity contribution in [1.82, 2.24) is 5.32 Å². The highest BCUT2D eigenvalue weighted by molar-refractivity contribution is 5.88. The molecule has 1 amide bonds. The summed E-state index contributed by atoms with van der Waals surface area (Å²) >= 11 is 0. The van der Waals surface area contributed by atoms with Gasteiger partial charge in [-0.2, -0.15) is 0 Å². The van der Waals surface area contributed by atoms with E-state index in [0.29, 0.717) is 5.56 Å². The first-order valence-corrected chi connectivity index (χ1v) is 7.89. The van der Waals surface area contributed by atoms with E-state index < -0.39 is 35.8 Å². The monoisotopic (exact) mass is 368 g/mol. The van der Waals surface area contributed by atoms with Crippen molar-refractivity contribution in [3.8, 4) is 11.5 Å². The molecule has 0 saturated heterocycles. The third-order valence-electron chi connectivity index (χ3n) is 4.20. The van der Waals surface area contributed by atoms with E-state index in [4.69, 9.17) is 4.74 Å². The molecule has 0 radical (unpaired) electrons. The number of carbonyl (C=O) groups is 1. The molecule has 26 heavy (non-hydrogen) atoms. The molecule has 7 N–H and O–H groups in total. The van der Waals surface area contributed by atoms with E-state index in [1.807, 2.05) is 0 Å². The van der Waals surface area contributed by atoms with Crippen LogP contribution in [0.1, 0.15) is 18.4 Å². The van der Waals surface area contributed by atoms with Crippen LogP contribution in [0.15, 0.2) is 24.3 Å². The minimum atomic E-state index is -1.94. The predicted octanol–water partition coefficient (Wildman–Crippen LogP) is -1.01. The summed E-state index contributed by atoms with van der Waals surface area (Å²) in [5, 5.41) is 51.2. The molecule has 1 aliphatic carbocycles. The largest absolute Gasteiger partial charge is 0.510 e. The number of phenols is 2. The SMILES string of the molecule is CNC(=O)[C@]1(O)CC(OC(=[OH+])/C=C/c2ccc(O)c(O)c2)C(O)[C@H](O)C1. The molecule has 0 heterocycles. The van der Waals surface area contributed by atoms with Crippen LogP contribution in [0, 0.1) is 0 Å². The summed E-state index contributed by atoms with van der Waals surface area (Å²) in [5.41, 5.74) is -1.49. The number of hydrogen-bond acceptors (Lipinski definition) is 7. The van der Waals surface area contributed by atoms with E-state index in [9.17, 15) is 35.1 Å². The van der Waals surface area contributed by atoms with Crippen LogP contribution in [0.4, 0.5) is 0 Å². The molecule has 0 aromatic heterocycles. The number of benzene rings is 1. The second-order valence-electron chi connectivity index (χ2n) is 6.15. The van der Waals surface area contributed by atoms with Gasteiger partial charge in [-0.05, 0) is 23.8 Å². The Kier molecular flexibility index (Phi) is 5.86. The van der Waals surface area contributed by atoms with Crippen molar-refractivity contribution in [3.63, 3.8) is 0 Å². The lowest BCUT2D eigenvalue weighted by molar-refractivity contribution is -0.170. The Balaban J connectivity index is 2.07. The van der Waals surface area contributed by atoms with Gasteiger partial charge in [-0.25, -0.2) is 0 Å². The molecule has 1 aliphatic rings. The topological polar surface area (TPSA) is 161 Å². The summed E-state index contributed by atoms with van der Waals surface area (Å²) in [7, 11) is 1.33. The van der Waals surface area contributed by atoms with Crippen LogP contribution in [-0.2, 0) is 9.53 Å². The second kappa shape index (κ2) is 7.73. The minimum Gasteiger partial charge on any atom is -0.504 e. The van der Waals surface area contributed by atoms with Gasteiger partial charge in [-0.15, -0.1) is 0 Å². The number of aliphatic hydroxyl groups is 3. The van der Waals surface area contributed by atoms with Gasteiger partial charge < -0.3 is 40.4 Å². The van der Waals surface area contributed by atoms with Gasteiger partial charge in [-0.1, -0.05) is 6.07 Å². The number of carbonyl (C=O) groups excluding carboxylic acids is 2. The molecular weight excluding hydrogens is 346 g/mol. The Bertz CT molecular complexity index is 719. The third-order valence-corrected chi connectivity index (χ3v) is 4.20. The molecule has 0 spiro atoms. The van der Waals surface area contributed by atoms with Crippen LogP contribution in [0.3, 0.4) is 0 Å². The number of amides is 1. The van der Waals surface area contributed by atoms with Crippen molar-refractivity contribution in [1.29, 1.82) is 0 Å². The van der Waals surface area contributed by atoms with Crippen molar-refractivity contribution in [2.45, 2.75) is 36.8 Å². The Morgan fingerprint density at radius 3 is 2.62 bits per heavy atom. The first-order valence-electron chi connectivity index (χ1n) is 7.89. The zero-order valence-electron chi connectivity index (χ0n) is 14.0. The highest BCUT2D eigenvalue weighted by Gasteiger charge is 2.52. The van der Waals surface area contributed by atoms with Crippen LogP contribution in [0.25, 0.3) is 6.08 Å². The fourth-order valence-corrected chi connectivity index (χ4v) is 2.79. The van der Waals surface area contributed by atoms with Gasteiger partial charge in [0.1, 0.15) is 6.10 Å². The molecule has 0 aliphatic heterocycles. The number of ether oxygens (including phenoxy) is 1. The number of hydrogen-bond donors (Lipinski definition) is 6. The second-order valence-corrected chi connectivity index (χ2v) is 6.15. The van der Waals surface area contributed by atoms with Crippen LogP contribution in [0.2, 0.25) is 0 Å². The number of likely N-dealkylation sites (N-methyl/N-ethyl adjacent to an activating group) is 1. The maximum absolute atomic E-state index is 11.8.